The molecule has 0 N–H and O–H groups in total. The zero-order valence-electron chi connectivity index (χ0n) is 18.1. The van der Waals surface area contributed by atoms with Gasteiger partial charge in [-0.05, 0) is 48.4 Å². The quantitative estimate of drug-likeness (QED) is 0.493. The second-order valence-electron chi connectivity index (χ2n) is 6.67. The first kappa shape index (κ1) is 22.6. The molecule has 0 spiro atoms. The normalized spacial score (nSPS) is 11.5. The van der Waals surface area contributed by atoms with E-state index in [-0.39, 0.29) is 17.3 Å². The highest BCUT2D eigenvalue weighted by Crippen LogP contribution is 2.31. The summed E-state index contributed by atoms with van der Waals surface area (Å²) >= 11 is 0. The topological polar surface area (TPSA) is 104 Å². The molecule has 0 saturated carbocycles. The Hall–Kier alpha value is -3.11. The lowest BCUT2D eigenvalue weighted by atomic mass is 10.1. The summed E-state index contributed by atoms with van der Waals surface area (Å²) < 4.78 is 48.2. The Labute approximate surface area is 181 Å². The van der Waals surface area contributed by atoms with Crippen molar-refractivity contribution in [2.75, 3.05) is 28.4 Å². The summed E-state index contributed by atoms with van der Waals surface area (Å²) in [6.45, 7) is 1.86. The number of methoxy groups -OCH3 is 3. The van der Waals surface area contributed by atoms with Crippen LogP contribution in [-0.4, -0.2) is 51.2 Å². The Balaban J connectivity index is 1.81. The van der Waals surface area contributed by atoms with Crippen LogP contribution >= 0.6 is 0 Å². The molecule has 10 heteroatoms. The van der Waals surface area contributed by atoms with Gasteiger partial charge < -0.3 is 18.7 Å². The van der Waals surface area contributed by atoms with Crippen LogP contribution in [0.25, 0.3) is 11.4 Å². The van der Waals surface area contributed by atoms with E-state index in [0.29, 0.717) is 35.1 Å². The Kier molecular flexibility index (Phi) is 6.81. The number of rotatable bonds is 9. The molecule has 0 aliphatic carbocycles. The number of sulfonamides is 1. The van der Waals surface area contributed by atoms with Gasteiger partial charge in [0.15, 0.2) is 11.5 Å². The van der Waals surface area contributed by atoms with E-state index in [1.165, 1.54) is 24.5 Å². The van der Waals surface area contributed by atoms with Crippen LogP contribution < -0.4 is 14.2 Å². The average molecular weight is 448 g/mol. The van der Waals surface area contributed by atoms with Crippen LogP contribution in [0.5, 0.6) is 17.2 Å². The van der Waals surface area contributed by atoms with Gasteiger partial charge in [-0.2, -0.15) is 9.29 Å². The van der Waals surface area contributed by atoms with Crippen LogP contribution in [0.15, 0.2) is 45.8 Å². The molecule has 0 aliphatic heterocycles. The average Bonchev–Trinajstić information content (AvgIpc) is 3.26. The van der Waals surface area contributed by atoms with Crippen molar-refractivity contribution >= 4 is 10.0 Å². The fourth-order valence-electron chi connectivity index (χ4n) is 3.06. The zero-order chi connectivity index (χ0) is 22.6. The molecule has 0 saturated heterocycles. The highest BCUT2D eigenvalue weighted by Gasteiger charge is 2.24. The number of nitrogens with zero attached hydrogens (tertiary/aromatic N) is 3. The maximum absolute atomic E-state index is 13.0. The summed E-state index contributed by atoms with van der Waals surface area (Å²) in [5.41, 5.74) is 1.46. The summed E-state index contributed by atoms with van der Waals surface area (Å²) in [6.07, 6.45) is 0.647. The van der Waals surface area contributed by atoms with Gasteiger partial charge in [-0.25, -0.2) is 8.42 Å². The maximum Gasteiger partial charge on any atom is 0.243 e. The van der Waals surface area contributed by atoms with Gasteiger partial charge in [-0.3, -0.25) is 0 Å². The molecule has 0 aliphatic rings. The van der Waals surface area contributed by atoms with Gasteiger partial charge in [-0.15, -0.1) is 0 Å². The van der Waals surface area contributed by atoms with Crippen molar-refractivity contribution in [3.8, 4) is 28.6 Å². The first-order valence-electron chi connectivity index (χ1n) is 9.52. The molecule has 0 atom stereocenters. The Bertz CT molecular complexity index is 1160. The number of aryl methyl sites for hydroxylation is 1. The number of ether oxygens (including phenoxy) is 3. The minimum absolute atomic E-state index is 0.0733. The van der Waals surface area contributed by atoms with Crippen LogP contribution in [0, 0.1) is 0 Å². The predicted octanol–water partition coefficient (Wildman–Crippen LogP) is 3.15. The minimum atomic E-state index is -3.76. The highest BCUT2D eigenvalue weighted by atomic mass is 32.2. The van der Waals surface area contributed by atoms with Crippen LogP contribution in [0.3, 0.4) is 0 Å². The largest absolute Gasteiger partial charge is 0.496 e. The van der Waals surface area contributed by atoms with Crippen LogP contribution in [0.4, 0.5) is 0 Å². The highest BCUT2D eigenvalue weighted by molar-refractivity contribution is 7.89. The number of aromatic nitrogens is 2. The Morgan fingerprint density at radius 1 is 0.968 bits per heavy atom. The number of benzene rings is 2. The van der Waals surface area contributed by atoms with E-state index >= 15 is 0 Å². The molecule has 0 bridgehead atoms. The number of hydrogen-bond donors (Lipinski definition) is 0. The first-order valence-corrected chi connectivity index (χ1v) is 11.0. The third-order valence-electron chi connectivity index (χ3n) is 4.81. The molecule has 0 fully saturated rings. The molecule has 1 aromatic heterocycles. The van der Waals surface area contributed by atoms with Gasteiger partial charge in [0.25, 0.3) is 0 Å². The van der Waals surface area contributed by atoms with Gasteiger partial charge in [0, 0.05) is 12.6 Å². The van der Waals surface area contributed by atoms with Crippen LogP contribution in [-0.2, 0) is 23.0 Å². The monoisotopic (exact) mass is 447 g/mol. The molecule has 0 amide bonds. The first-order chi connectivity index (χ1) is 14.8. The van der Waals surface area contributed by atoms with Crippen molar-refractivity contribution in [3.05, 3.63) is 47.9 Å². The molecule has 0 unspecified atom stereocenters. The SMILES string of the molecule is CCc1cc(S(=O)(=O)N(C)Cc2nc(-c3ccc(OC)c(OC)c3)no2)ccc1OC. The lowest BCUT2D eigenvalue weighted by molar-refractivity contribution is 0.336. The van der Waals surface area contributed by atoms with Crippen molar-refractivity contribution in [2.24, 2.45) is 0 Å². The molecule has 166 valence electrons. The second kappa shape index (κ2) is 9.36. The van der Waals surface area contributed by atoms with Gasteiger partial charge in [0.2, 0.25) is 21.7 Å². The van der Waals surface area contributed by atoms with E-state index in [9.17, 15) is 8.42 Å². The third-order valence-corrected chi connectivity index (χ3v) is 6.61. The van der Waals surface area contributed by atoms with Crippen molar-refractivity contribution in [2.45, 2.75) is 24.8 Å². The molecular weight excluding hydrogens is 422 g/mol. The van der Waals surface area contributed by atoms with Crippen molar-refractivity contribution < 1.29 is 27.2 Å². The fourth-order valence-corrected chi connectivity index (χ4v) is 4.23. The summed E-state index contributed by atoms with van der Waals surface area (Å²) in [5.74, 6) is 2.24. The van der Waals surface area contributed by atoms with E-state index in [0.717, 1.165) is 5.56 Å². The van der Waals surface area contributed by atoms with Crippen LogP contribution in [0.1, 0.15) is 18.4 Å². The molecule has 3 aromatic rings. The Morgan fingerprint density at radius 3 is 2.29 bits per heavy atom. The molecule has 2 aromatic carbocycles. The molecule has 9 nitrogen and oxygen atoms in total. The second-order valence-corrected chi connectivity index (χ2v) is 8.71. The third kappa shape index (κ3) is 4.64. The van der Waals surface area contributed by atoms with E-state index in [2.05, 4.69) is 10.1 Å². The summed E-state index contributed by atoms with van der Waals surface area (Å²) in [6, 6.07) is 10.0. The Morgan fingerprint density at radius 2 is 1.65 bits per heavy atom. The fraction of sp³-hybridized carbons (Fsp3) is 0.333. The summed E-state index contributed by atoms with van der Waals surface area (Å²) in [4.78, 5) is 4.49. The predicted molar refractivity (Wildman–Crippen MR) is 114 cm³/mol. The lowest BCUT2D eigenvalue weighted by Crippen LogP contribution is -2.26. The molecular formula is C21H25N3O6S. The van der Waals surface area contributed by atoms with Crippen molar-refractivity contribution in [1.29, 1.82) is 0 Å². The molecule has 3 rings (SSSR count). The van der Waals surface area contributed by atoms with E-state index in [4.69, 9.17) is 18.7 Å². The van der Waals surface area contributed by atoms with E-state index < -0.39 is 10.0 Å². The molecule has 0 radical (unpaired) electrons. The van der Waals surface area contributed by atoms with Crippen molar-refractivity contribution in [1.82, 2.24) is 14.4 Å². The standard InChI is InChI=1S/C21H25N3O6S/c1-6-14-11-16(8-10-17(14)27-3)31(25,26)24(2)13-20-22-21(23-30-20)15-7-9-18(28-4)19(12-15)29-5/h7-12H,6,13H2,1-5H3. The van der Waals surface area contributed by atoms with Gasteiger partial charge in [0.05, 0.1) is 32.8 Å². The van der Waals surface area contributed by atoms with Crippen molar-refractivity contribution in [3.63, 3.8) is 0 Å². The summed E-state index contributed by atoms with van der Waals surface area (Å²) in [7, 11) is 2.35. The summed E-state index contributed by atoms with van der Waals surface area (Å²) in [5, 5.41) is 3.95. The van der Waals surface area contributed by atoms with Gasteiger partial charge in [-0.1, -0.05) is 12.1 Å². The lowest BCUT2D eigenvalue weighted by Gasteiger charge is -2.16. The number of hydrogen-bond acceptors (Lipinski definition) is 8. The van der Waals surface area contributed by atoms with E-state index in [1.807, 2.05) is 6.92 Å². The molecule has 1 heterocycles. The smallest absolute Gasteiger partial charge is 0.243 e. The zero-order valence-corrected chi connectivity index (χ0v) is 18.9. The minimum Gasteiger partial charge on any atom is -0.496 e. The van der Waals surface area contributed by atoms with E-state index in [1.54, 1.807) is 44.6 Å². The maximum atomic E-state index is 13.0. The van der Waals surface area contributed by atoms with Gasteiger partial charge >= 0.3 is 0 Å². The molecule has 31 heavy (non-hydrogen) atoms. The van der Waals surface area contributed by atoms with Gasteiger partial charge in [0.1, 0.15) is 5.75 Å². The van der Waals surface area contributed by atoms with Crippen LogP contribution in [0.2, 0.25) is 0 Å².